The van der Waals surface area contributed by atoms with Crippen molar-refractivity contribution in [1.29, 1.82) is 0 Å². The Labute approximate surface area is 100 Å². The van der Waals surface area contributed by atoms with Gasteiger partial charge in [-0.25, -0.2) is 0 Å². The van der Waals surface area contributed by atoms with Crippen molar-refractivity contribution in [1.82, 2.24) is 15.0 Å². The summed E-state index contributed by atoms with van der Waals surface area (Å²) in [5.74, 6) is -0.378. The molecule has 84 valence electrons. The van der Waals surface area contributed by atoms with E-state index in [0.717, 1.165) is 4.68 Å². The van der Waals surface area contributed by atoms with Crippen LogP contribution in [0.5, 0.6) is 0 Å². The molecular weight excluding hydrogens is 266 g/mol. The standard InChI is InChI=1S/C6H7Cl3N4O2/c1-2-3-12-5(13(14)15)4(10-11-12)6(7,8)9/h2-3H2,1H3. The summed E-state index contributed by atoms with van der Waals surface area (Å²) in [7, 11) is 0. The smallest absolute Gasteiger partial charge is 0.358 e. The van der Waals surface area contributed by atoms with Gasteiger partial charge in [0.05, 0.1) is 0 Å². The Hall–Kier alpha value is -0.590. The van der Waals surface area contributed by atoms with E-state index in [-0.39, 0.29) is 11.5 Å². The molecule has 0 N–H and O–H groups in total. The number of nitro groups is 1. The van der Waals surface area contributed by atoms with Gasteiger partial charge in [-0.05, 0) is 11.3 Å². The van der Waals surface area contributed by atoms with Crippen LogP contribution >= 0.6 is 34.8 Å². The molecule has 0 unspecified atom stereocenters. The molecule has 0 aliphatic rings. The van der Waals surface area contributed by atoms with Crippen molar-refractivity contribution < 1.29 is 4.92 Å². The lowest BCUT2D eigenvalue weighted by molar-refractivity contribution is -0.393. The van der Waals surface area contributed by atoms with Crippen LogP contribution in [-0.4, -0.2) is 19.9 Å². The van der Waals surface area contributed by atoms with Crippen molar-refractivity contribution >= 4 is 40.6 Å². The maximum Gasteiger partial charge on any atom is 0.372 e. The zero-order valence-electron chi connectivity index (χ0n) is 7.65. The van der Waals surface area contributed by atoms with Crippen LogP contribution in [0.25, 0.3) is 0 Å². The topological polar surface area (TPSA) is 73.8 Å². The zero-order valence-corrected chi connectivity index (χ0v) is 9.92. The summed E-state index contributed by atoms with van der Waals surface area (Å²) in [5, 5.41) is 17.8. The monoisotopic (exact) mass is 272 g/mol. The van der Waals surface area contributed by atoms with E-state index in [1.54, 1.807) is 0 Å². The van der Waals surface area contributed by atoms with Gasteiger partial charge in [-0.3, -0.25) is 0 Å². The Morgan fingerprint density at radius 3 is 2.53 bits per heavy atom. The quantitative estimate of drug-likeness (QED) is 0.481. The fourth-order valence-electron chi connectivity index (χ4n) is 1.03. The van der Waals surface area contributed by atoms with Gasteiger partial charge in [0.25, 0.3) is 0 Å². The first kappa shape index (κ1) is 12.5. The summed E-state index contributed by atoms with van der Waals surface area (Å²) in [6, 6.07) is 0. The fraction of sp³-hybridized carbons (Fsp3) is 0.667. The molecular formula is C6H7Cl3N4O2. The highest BCUT2D eigenvalue weighted by atomic mass is 35.6. The second-order valence-corrected chi connectivity index (χ2v) is 5.02. The first-order chi connectivity index (χ1) is 6.88. The summed E-state index contributed by atoms with van der Waals surface area (Å²) in [6.07, 6.45) is 0.670. The highest BCUT2D eigenvalue weighted by Gasteiger charge is 2.38. The molecule has 0 aliphatic carbocycles. The van der Waals surface area contributed by atoms with Gasteiger partial charge < -0.3 is 10.1 Å². The van der Waals surface area contributed by atoms with Crippen molar-refractivity contribution in [3.63, 3.8) is 0 Å². The highest BCUT2D eigenvalue weighted by Crippen LogP contribution is 2.41. The predicted octanol–water partition coefficient (Wildman–Crippen LogP) is 2.42. The minimum absolute atomic E-state index is 0.258. The normalized spacial score (nSPS) is 11.7. The molecule has 0 radical (unpaired) electrons. The van der Waals surface area contributed by atoms with Gasteiger partial charge in [0, 0.05) is 5.21 Å². The molecule has 0 atom stereocenters. The van der Waals surface area contributed by atoms with Gasteiger partial charge in [0.15, 0.2) is 0 Å². The first-order valence-corrected chi connectivity index (χ1v) is 5.16. The van der Waals surface area contributed by atoms with Gasteiger partial charge >= 0.3 is 5.82 Å². The van der Waals surface area contributed by atoms with Gasteiger partial charge in [0.2, 0.25) is 9.49 Å². The maximum atomic E-state index is 10.8. The van der Waals surface area contributed by atoms with Gasteiger partial charge in [0.1, 0.15) is 6.54 Å². The van der Waals surface area contributed by atoms with E-state index in [9.17, 15) is 10.1 Å². The van der Waals surface area contributed by atoms with E-state index in [4.69, 9.17) is 34.8 Å². The second kappa shape index (κ2) is 4.51. The number of nitrogens with zero attached hydrogens (tertiary/aromatic N) is 4. The Kier molecular flexibility index (Phi) is 3.75. The number of hydrogen-bond acceptors (Lipinski definition) is 4. The molecule has 1 heterocycles. The molecule has 1 aromatic heterocycles. The van der Waals surface area contributed by atoms with Gasteiger partial charge in [-0.1, -0.05) is 41.7 Å². The third kappa shape index (κ3) is 2.70. The molecule has 1 aromatic rings. The van der Waals surface area contributed by atoms with Gasteiger partial charge in [-0.2, -0.15) is 0 Å². The first-order valence-electron chi connectivity index (χ1n) is 4.03. The van der Waals surface area contributed by atoms with Crippen molar-refractivity contribution in [2.24, 2.45) is 0 Å². The number of halogens is 3. The molecule has 0 fully saturated rings. The Balaban J connectivity index is 3.24. The molecule has 0 aromatic carbocycles. The summed E-state index contributed by atoms with van der Waals surface area (Å²) >= 11 is 16.6. The SMILES string of the molecule is CCCn1nnc(C(Cl)(Cl)Cl)c1[N+](=O)[O-]. The second-order valence-electron chi connectivity index (χ2n) is 2.74. The minimum atomic E-state index is -1.94. The molecule has 1 rings (SSSR count). The minimum Gasteiger partial charge on any atom is -0.358 e. The average Bonchev–Trinajstić information content (AvgIpc) is 2.47. The van der Waals surface area contributed by atoms with Crippen LogP contribution < -0.4 is 0 Å². The van der Waals surface area contributed by atoms with Crippen molar-refractivity contribution in [2.45, 2.75) is 23.7 Å². The number of aromatic nitrogens is 3. The largest absolute Gasteiger partial charge is 0.372 e. The number of aryl methyl sites for hydroxylation is 1. The van der Waals surface area contributed by atoms with Crippen LogP contribution in [0, 0.1) is 10.1 Å². The van der Waals surface area contributed by atoms with Crippen LogP contribution in [0.15, 0.2) is 0 Å². The summed E-state index contributed by atoms with van der Waals surface area (Å²) in [5.41, 5.74) is -0.258. The Morgan fingerprint density at radius 2 is 2.13 bits per heavy atom. The van der Waals surface area contributed by atoms with Crippen LogP contribution in [-0.2, 0) is 10.3 Å². The molecule has 0 spiro atoms. The number of alkyl halides is 3. The third-order valence-electron chi connectivity index (χ3n) is 1.59. The van der Waals surface area contributed by atoms with E-state index in [0.29, 0.717) is 13.0 Å². The van der Waals surface area contributed by atoms with E-state index in [1.807, 2.05) is 6.92 Å². The number of hydrogen-bond donors (Lipinski definition) is 0. The lowest BCUT2D eigenvalue weighted by atomic mass is 10.4. The molecule has 0 aliphatic heterocycles. The van der Waals surface area contributed by atoms with Crippen molar-refractivity contribution in [3.05, 3.63) is 15.8 Å². The predicted molar refractivity (Wildman–Crippen MR) is 56.2 cm³/mol. The fourth-order valence-corrected chi connectivity index (χ4v) is 1.40. The molecule has 15 heavy (non-hydrogen) atoms. The Morgan fingerprint density at radius 1 is 1.53 bits per heavy atom. The molecule has 9 heteroatoms. The Bertz CT molecular complexity index is 373. The lowest BCUT2D eigenvalue weighted by Crippen LogP contribution is -2.08. The summed E-state index contributed by atoms with van der Waals surface area (Å²) < 4.78 is -0.828. The zero-order chi connectivity index (χ0) is 11.6. The van der Waals surface area contributed by atoms with Gasteiger partial charge in [-0.15, -0.1) is 9.78 Å². The van der Waals surface area contributed by atoms with Crippen molar-refractivity contribution in [2.75, 3.05) is 0 Å². The van der Waals surface area contributed by atoms with Crippen LogP contribution in [0.3, 0.4) is 0 Å². The molecule has 0 saturated carbocycles. The summed E-state index contributed by atoms with van der Waals surface area (Å²) in [6.45, 7) is 2.20. The molecule has 0 saturated heterocycles. The summed E-state index contributed by atoms with van der Waals surface area (Å²) in [4.78, 5) is 10.1. The average molecular weight is 274 g/mol. The molecule has 0 amide bonds. The van der Waals surface area contributed by atoms with E-state index in [2.05, 4.69) is 10.3 Å². The van der Waals surface area contributed by atoms with E-state index < -0.39 is 8.72 Å². The molecule has 0 bridgehead atoms. The van der Waals surface area contributed by atoms with Crippen LogP contribution in [0.2, 0.25) is 0 Å². The van der Waals surface area contributed by atoms with E-state index in [1.165, 1.54) is 0 Å². The highest BCUT2D eigenvalue weighted by molar-refractivity contribution is 6.66. The van der Waals surface area contributed by atoms with Crippen LogP contribution in [0.4, 0.5) is 5.82 Å². The van der Waals surface area contributed by atoms with Crippen LogP contribution in [0.1, 0.15) is 19.0 Å². The number of rotatable bonds is 3. The maximum absolute atomic E-state index is 10.8. The molecule has 6 nitrogen and oxygen atoms in total. The van der Waals surface area contributed by atoms with Crippen molar-refractivity contribution in [3.8, 4) is 0 Å². The lowest BCUT2D eigenvalue weighted by Gasteiger charge is -2.05. The van der Waals surface area contributed by atoms with E-state index >= 15 is 0 Å². The third-order valence-corrected chi connectivity index (χ3v) is 2.12.